The van der Waals surface area contributed by atoms with Gasteiger partial charge in [-0.15, -0.1) is 0 Å². The summed E-state index contributed by atoms with van der Waals surface area (Å²) in [5.41, 5.74) is 3.32. The fraction of sp³-hybridized carbons (Fsp3) is 0.409. The molecule has 1 atom stereocenters. The zero-order valence-corrected chi connectivity index (χ0v) is 15.3. The molecule has 4 rings (SSSR count). The van der Waals surface area contributed by atoms with Crippen LogP contribution in [0.2, 0.25) is 0 Å². The largest absolute Gasteiger partial charge is 0.497 e. The first-order valence-corrected chi connectivity index (χ1v) is 9.44. The zero-order chi connectivity index (χ0) is 18.0. The fourth-order valence-electron chi connectivity index (χ4n) is 4.37. The van der Waals surface area contributed by atoms with Crippen molar-refractivity contribution in [1.29, 1.82) is 0 Å². The molecule has 0 saturated carbocycles. The van der Waals surface area contributed by atoms with Crippen LogP contribution in [0.1, 0.15) is 36.0 Å². The van der Waals surface area contributed by atoms with Gasteiger partial charge in [0.05, 0.1) is 7.11 Å². The average molecular weight is 350 g/mol. The summed E-state index contributed by atoms with van der Waals surface area (Å²) in [6, 6.07) is 16.6. The number of amides is 1. The van der Waals surface area contributed by atoms with Crippen molar-refractivity contribution in [2.75, 3.05) is 13.7 Å². The third-order valence-corrected chi connectivity index (χ3v) is 5.87. The van der Waals surface area contributed by atoms with Crippen molar-refractivity contribution in [1.82, 2.24) is 10.2 Å². The van der Waals surface area contributed by atoms with E-state index in [1.165, 1.54) is 16.7 Å². The highest BCUT2D eigenvalue weighted by Crippen LogP contribution is 2.36. The number of fused-ring (bicyclic) bond motifs is 1. The molecule has 2 aliphatic heterocycles. The molecule has 1 fully saturated rings. The third kappa shape index (κ3) is 3.10. The minimum Gasteiger partial charge on any atom is -0.497 e. The van der Waals surface area contributed by atoms with Crippen LogP contribution in [0.15, 0.2) is 48.5 Å². The lowest BCUT2D eigenvalue weighted by Crippen LogP contribution is -2.60. The van der Waals surface area contributed by atoms with Gasteiger partial charge in [0.15, 0.2) is 0 Å². The Balaban J connectivity index is 1.65. The van der Waals surface area contributed by atoms with Crippen LogP contribution in [0.4, 0.5) is 0 Å². The number of nitrogens with zero attached hydrogens (tertiary/aromatic N) is 1. The zero-order valence-electron chi connectivity index (χ0n) is 15.3. The molecule has 2 heterocycles. The van der Waals surface area contributed by atoms with Crippen molar-refractivity contribution in [2.45, 2.75) is 44.3 Å². The molecule has 4 heteroatoms. The standard InChI is InChI=1S/C22H26N2O2/c1-26-20-10-8-17(9-11-20)16-24-13-5-4-12-22(24)14-18-6-2-3-7-19(18)15-23-21(22)25/h2-3,6-11H,4-5,12-16H2,1H3,(H,23,25). The molecule has 1 N–H and O–H groups in total. The third-order valence-electron chi connectivity index (χ3n) is 5.87. The molecule has 1 amide bonds. The van der Waals surface area contributed by atoms with Crippen molar-refractivity contribution in [3.63, 3.8) is 0 Å². The molecule has 0 bridgehead atoms. The molecular weight excluding hydrogens is 324 g/mol. The minimum absolute atomic E-state index is 0.182. The summed E-state index contributed by atoms with van der Waals surface area (Å²) in [5, 5.41) is 3.19. The van der Waals surface area contributed by atoms with E-state index >= 15 is 0 Å². The topological polar surface area (TPSA) is 41.6 Å². The summed E-state index contributed by atoms with van der Waals surface area (Å²) in [4.78, 5) is 15.6. The number of rotatable bonds is 3. The predicted molar refractivity (Wildman–Crippen MR) is 102 cm³/mol. The second-order valence-corrected chi connectivity index (χ2v) is 7.39. The Morgan fingerprint density at radius 2 is 1.85 bits per heavy atom. The summed E-state index contributed by atoms with van der Waals surface area (Å²) in [6.45, 7) is 2.38. The van der Waals surface area contributed by atoms with E-state index in [1.807, 2.05) is 12.1 Å². The second-order valence-electron chi connectivity index (χ2n) is 7.39. The minimum atomic E-state index is -0.440. The van der Waals surface area contributed by atoms with Gasteiger partial charge in [0.25, 0.3) is 0 Å². The van der Waals surface area contributed by atoms with Gasteiger partial charge in [-0.2, -0.15) is 0 Å². The molecule has 0 radical (unpaired) electrons. The number of carbonyl (C=O) groups excluding carboxylic acids is 1. The maximum Gasteiger partial charge on any atom is 0.241 e. The summed E-state index contributed by atoms with van der Waals surface area (Å²) in [5.74, 6) is 1.05. The normalized spacial score (nSPS) is 23.2. The number of nitrogens with one attached hydrogen (secondary N) is 1. The highest BCUT2D eigenvalue weighted by Gasteiger charge is 2.46. The SMILES string of the molecule is COc1ccc(CN2CCCCC23Cc2ccccc2CNC3=O)cc1. The summed E-state index contributed by atoms with van der Waals surface area (Å²) < 4.78 is 5.26. The number of carbonyl (C=O) groups is 1. The lowest BCUT2D eigenvalue weighted by molar-refractivity contribution is -0.136. The van der Waals surface area contributed by atoms with Gasteiger partial charge >= 0.3 is 0 Å². The number of ether oxygens (including phenoxy) is 1. The Kier molecular flexibility index (Phi) is 4.68. The van der Waals surface area contributed by atoms with E-state index in [2.05, 4.69) is 46.6 Å². The Morgan fingerprint density at radius 3 is 2.62 bits per heavy atom. The smallest absolute Gasteiger partial charge is 0.241 e. The Hall–Kier alpha value is -2.33. The number of piperidine rings is 1. The van der Waals surface area contributed by atoms with Crippen molar-refractivity contribution < 1.29 is 9.53 Å². The molecular formula is C22H26N2O2. The fourth-order valence-corrected chi connectivity index (χ4v) is 4.37. The highest BCUT2D eigenvalue weighted by molar-refractivity contribution is 5.87. The van der Waals surface area contributed by atoms with E-state index in [0.29, 0.717) is 6.54 Å². The molecule has 4 nitrogen and oxygen atoms in total. The maximum absolute atomic E-state index is 13.2. The van der Waals surface area contributed by atoms with Crippen LogP contribution in [0, 0.1) is 0 Å². The molecule has 136 valence electrons. The lowest BCUT2D eigenvalue weighted by Gasteiger charge is -2.45. The van der Waals surface area contributed by atoms with Crippen molar-refractivity contribution >= 4 is 5.91 Å². The van der Waals surface area contributed by atoms with E-state index < -0.39 is 5.54 Å². The van der Waals surface area contributed by atoms with E-state index in [9.17, 15) is 4.79 Å². The first kappa shape index (κ1) is 17.1. The summed E-state index contributed by atoms with van der Waals surface area (Å²) in [6.07, 6.45) is 3.97. The molecule has 1 saturated heterocycles. The van der Waals surface area contributed by atoms with E-state index in [0.717, 1.165) is 44.5 Å². The van der Waals surface area contributed by atoms with Gasteiger partial charge in [-0.25, -0.2) is 0 Å². The lowest BCUT2D eigenvalue weighted by atomic mass is 9.80. The van der Waals surface area contributed by atoms with Gasteiger partial charge in [-0.3, -0.25) is 9.69 Å². The van der Waals surface area contributed by atoms with Crippen molar-refractivity contribution in [3.8, 4) is 5.75 Å². The van der Waals surface area contributed by atoms with Gasteiger partial charge in [0.2, 0.25) is 5.91 Å². The number of benzene rings is 2. The van der Waals surface area contributed by atoms with Crippen LogP contribution in [0.5, 0.6) is 5.75 Å². The predicted octanol–water partition coefficient (Wildman–Crippen LogP) is 3.29. The molecule has 1 unspecified atom stereocenters. The highest BCUT2D eigenvalue weighted by atomic mass is 16.5. The molecule has 2 aromatic rings. The van der Waals surface area contributed by atoms with E-state index in [4.69, 9.17) is 4.74 Å². The second kappa shape index (κ2) is 7.12. The van der Waals surface area contributed by atoms with E-state index in [1.54, 1.807) is 7.11 Å². The van der Waals surface area contributed by atoms with Crippen LogP contribution < -0.4 is 10.1 Å². The number of hydrogen-bond donors (Lipinski definition) is 1. The first-order chi connectivity index (χ1) is 12.7. The molecule has 26 heavy (non-hydrogen) atoms. The number of methoxy groups -OCH3 is 1. The van der Waals surface area contributed by atoms with Gasteiger partial charge in [-0.1, -0.05) is 36.4 Å². The van der Waals surface area contributed by atoms with Crippen LogP contribution in [-0.4, -0.2) is 30.0 Å². The van der Waals surface area contributed by atoms with Gasteiger partial charge < -0.3 is 10.1 Å². The van der Waals surface area contributed by atoms with Crippen molar-refractivity contribution in [3.05, 3.63) is 65.2 Å². The van der Waals surface area contributed by atoms with Crippen molar-refractivity contribution in [2.24, 2.45) is 0 Å². The number of likely N-dealkylation sites (tertiary alicyclic amines) is 1. The van der Waals surface area contributed by atoms with E-state index in [-0.39, 0.29) is 5.91 Å². The van der Waals surface area contributed by atoms with Crippen LogP contribution in [-0.2, 0) is 24.3 Å². The Bertz CT molecular complexity index is 787. The van der Waals surface area contributed by atoms with Crippen LogP contribution in [0.25, 0.3) is 0 Å². The average Bonchev–Trinajstić information content (AvgIpc) is 2.82. The summed E-state index contributed by atoms with van der Waals surface area (Å²) >= 11 is 0. The molecule has 0 aromatic heterocycles. The molecule has 1 spiro atoms. The van der Waals surface area contributed by atoms with Gasteiger partial charge in [0, 0.05) is 19.5 Å². The van der Waals surface area contributed by atoms with Gasteiger partial charge in [-0.05, 0) is 54.6 Å². The molecule has 2 aliphatic rings. The Morgan fingerprint density at radius 1 is 1.08 bits per heavy atom. The Labute approximate surface area is 155 Å². The quantitative estimate of drug-likeness (QED) is 0.924. The molecule has 2 aromatic carbocycles. The van der Waals surface area contributed by atoms with Crippen LogP contribution >= 0.6 is 0 Å². The van der Waals surface area contributed by atoms with Crippen LogP contribution in [0.3, 0.4) is 0 Å². The first-order valence-electron chi connectivity index (χ1n) is 9.44. The summed E-state index contributed by atoms with van der Waals surface area (Å²) in [7, 11) is 1.68. The monoisotopic (exact) mass is 350 g/mol. The maximum atomic E-state index is 13.2. The van der Waals surface area contributed by atoms with Gasteiger partial charge in [0.1, 0.15) is 11.3 Å². The molecule has 0 aliphatic carbocycles. The number of hydrogen-bond acceptors (Lipinski definition) is 3.